The molecule has 2 aromatic carbocycles. The van der Waals surface area contributed by atoms with E-state index in [4.69, 9.17) is 9.26 Å². The lowest BCUT2D eigenvalue weighted by Crippen LogP contribution is -2.35. The van der Waals surface area contributed by atoms with Crippen LogP contribution >= 0.6 is 0 Å². The van der Waals surface area contributed by atoms with Gasteiger partial charge < -0.3 is 14.2 Å². The monoisotopic (exact) mass is 406 g/mol. The van der Waals surface area contributed by atoms with Crippen molar-refractivity contribution in [3.8, 4) is 5.75 Å². The lowest BCUT2D eigenvalue weighted by molar-refractivity contribution is -0.130. The number of amides is 1. The summed E-state index contributed by atoms with van der Waals surface area (Å²) in [6, 6.07) is 16.0. The summed E-state index contributed by atoms with van der Waals surface area (Å²) in [4.78, 5) is 15.0. The van der Waals surface area contributed by atoms with E-state index in [9.17, 15) is 4.79 Å². The molecule has 5 nitrogen and oxygen atoms in total. The predicted molar refractivity (Wildman–Crippen MR) is 118 cm³/mol. The zero-order valence-electron chi connectivity index (χ0n) is 17.5. The molecule has 158 valence electrons. The molecular weight excluding hydrogens is 376 g/mol. The highest BCUT2D eigenvalue weighted by atomic mass is 16.5. The second kappa shape index (κ2) is 10.3. The van der Waals surface area contributed by atoms with Gasteiger partial charge in [-0.1, -0.05) is 54.8 Å². The van der Waals surface area contributed by atoms with Crippen molar-refractivity contribution in [1.29, 1.82) is 0 Å². The highest BCUT2D eigenvalue weighted by Gasteiger charge is 2.18. The molecule has 4 rings (SSSR count). The van der Waals surface area contributed by atoms with Crippen molar-refractivity contribution in [1.82, 2.24) is 10.1 Å². The number of carbonyl (C=O) groups excluding carboxylic acids is 1. The van der Waals surface area contributed by atoms with Crippen LogP contribution in [0, 0.1) is 0 Å². The molecule has 5 heteroatoms. The molecule has 30 heavy (non-hydrogen) atoms. The Kier molecular flexibility index (Phi) is 7.01. The Balaban J connectivity index is 1.40. The maximum atomic E-state index is 13.1. The van der Waals surface area contributed by atoms with E-state index in [0.29, 0.717) is 13.2 Å². The van der Waals surface area contributed by atoms with E-state index in [2.05, 4.69) is 23.4 Å². The SMILES string of the molecule is O=C(Cc1noc2ccccc12)N1CCCCCCCc2ccccc2OCCC1. The maximum Gasteiger partial charge on any atom is 0.228 e. The first kappa shape index (κ1) is 20.5. The molecule has 1 aliphatic rings. The van der Waals surface area contributed by atoms with E-state index in [1.54, 1.807) is 0 Å². The smallest absolute Gasteiger partial charge is 0.228 e. The van der Waals surface area contributed by atoms with Gasteiger partial charge in [-0.05, 0) is 49.4 Å². The fraction of sp³-hybridized carbons (Fsp3) is 0.440. The molecule has 1 amide bonds. The number of ether oxygens (including phenoxy) is 1. The van der Waals surface area contributed by atoms with Crippen LogP contribution in [0.2, 0.25) is 0 Å². The first-order chi connectivity index (χ1) is 14.8. The summed E-state index contributed by atoms with van der Waals surface area (Å²) >= 11 is 0. The second-order valence-electron chi connectivity index (χ2n) is 8.01. The molecule has 0 radical (unpaired) electrons. The number of hydrogen-bond acceptors (Lipinski definition) is 4. The molecular formula is C25H30N2O3. The minimum absolute atomic E-state index is 0.113. The Morgan fingerprint density at radius 2 is 1.67 bits per heavy atom. The van der Waals surface area contributed by atoms with Gasteiger partial charge in [0, 0.05) is 18.5 Å². The molecule has 3 aromatic rings. The zero-order valence-corrected chi connectivity index (χ0v) is 17.5. The first-order valence-corrected chi connectivity index (χ1v) is 11.1. The maximum absolute atomic E-state index is 13.1. The standard InChI is InChI=1S/C25H30N2O3/c28-25(19-22-21-13-6-8-15-24(21)30-26-22)27-16-9-3-1-2-4-11-20-12-5-7-14-23(20)29-18-10-17-27/h5-8,12-15H,1-4,9-11,16-19H2. The Labute approximate surface area is 178 Å². The van der Waals surface area contributed by atoms with Crippen LogP contribution in [0.5, 0.6) is 5.75 Å². The number of aryl methyl sites for hydroxylation is 1. The minimum Gasteiger partial charge on any atom is -0.493 e. The molecule has 0 spiro atoms. The summed E-state index contributed by atoms with van der Waals surface area (Å²) in [5.74, 6) is 1.10. The highest BCUT2D eigenvalue weighted by molar-refractivity contribution is 5.86. The number of benzene rings is 2. The van der Waals surface area contributed by atoms with E-state index in [0.717, 1.165) is 54.6 Å². The van der Waals surface area contributed by atoms with Crippen molar-refractivity contribution in [2.45, 2.75) is 51.4 Å². The fourth-order valence-electron chi connectivity index (χ4n) is 4.12. The molecule has 0 saturated heterocycles. The molecule has 2 heterocycles. The van der Waals surface area contributed by atoms with Crippen molar-refractivity contribution < 1.29 is 14.1 Å². The predicted octanol–water partition coefficient (Wildman–Crippen LogP) is 5.17. The van der Waals surface area contributed by atoms with Crippen LogP contribution in [0.4, 0.5) is 0 Å². The molecule has 0 N–H and O–H groups in total. The third-order valence-electron chi connectivity index (χ3n) is 5.80. The first-order valence-electron chi connectivity index (χ1n) is 11.1. The minimum atomic E-state index is 0.113. The summed E-state index contributed by atoms with van der Waals surface area (Å²) in [7, 11) is 0. The van der Waals surface area contributed by atoms with Crippen LogP contribution in [0.1, 0.15) is 49.8 Å². The molecule has 1 aliphatic heterocycles. The summed E-state index contributed by atoms with van der Waals surface area (Å²) in [5.41, 5.74) is 2.74. The van der Waals surface area contributed by atoms with E-state index in [1.807, 2.05) is 35.2 Å². The average molecular weight is 407 g/mol. The number of hydrogen-bond donors (Lipinski definition) is 0. The third-order valence-corrected chi connectivity index (χ3v) is 5.80. The quantitative estimate of drug-likeness (QED) is 0.589. The summed E-state index contributed by atoms with van der Waals surface area (Å²) in [5, 5.41) is 5.06. The number of aromatic nitrogens is 1. The molecule has 0 unspecified atom stereocenters. The molecule has 1 aromatic heterocycles. The van der Waals surface area contributed by atoms with Gasteiger partial charge in [0.1, 0.15) is 11.4 Å². The molecule has 0 fully saturated rings. The Morgan fingerprint density at radius 1 is 0.900 bits per heavy atom. The van der Waals surface area contributed by atoms with Gasteiger partial charge in [-0.2, -0.15) is 0 Å². The topological polar surface area (TPSA) is 55.6 Å². The third kappa shape index (κ3) is 5.21. The number of carbonyl (C=O) groups is 1. The van der Waals surface area contributed by atoms with Gasteiger partial charge in [-0.15, -0.1) is 0 Å². The molecule has 0 saturated carbocycles. The van der Waals surface area contributed by atoms with Gasteiger partial charge in [0.2, 0.25) is 5.91 Å². The van der Waals surface area contributed by atoms with E-state index >= 15 is 0 Å². The number of fused-ring (bicyclic) bond motifs is 2. The lowest BCUT2D eigenvalue weighted by Gasteiger charge is -2.23. The largest absolute Gasteiger partial charge is 0.493 e. The Morgan fingerprint density at radius 3 is 2.63 bits per heavy atom. The van der Waals surface area contributed by atoms with Gasteiger partial charge in [0.25, 0.3) is 0 Å². The van der Waals surface area contributed by atoms with Crippen molar-refractivity contribution in [3.05, 3.63) is 59.8 Å². The van der Waals surface area contributed by atoms with Crippen LogP contribution in [-0.2, 0) is 17.6 Å². The number of para-hydroxylation sites is 2. The van der Waals surface area contributed by atoms with Crippen LogP contribution in [0.15, 0.2) is 53.1 Å². The van der Waals surface area contributed by atoms with Crippen LogP contribution < -0.4 is 4.74 Å². The number of nitrogens with zero attached hydrogens (tertiary/aromatic N) is 2. The van der Waals surface area contributed by atoms with Crippen LogP contribution in [0.3, 0.4) is 0 Å². The summed E-state index contributed by atoms with van der Waals surface area (Å²) < 4.78 is 11.4. The molecule has 0 aliphatic carbocycles. The summed E-state index contributed by atoms with van der Waals surface area (Å²) in [6.45, 7) is 2.12. The van der Waals surface area contributed by atoms with Crippen molar-refractivity contribution >= 4 is 16.9 Å². The van der Waals surface area contributed by atoms with Crippen molar-refractivity contribution in [2.75, 3.05) is 19.7 Å². The van der Waals surface area contributed by atoms with Gasteiger partial charge >= 0.3 is 0 Å². The number of rotatable bonds is 2. The van der Waals surface area contributed by atoms with Crippen LogP contribution in [-0.4, -0.2) is 35.7 Å². The van der Waals surface area contributed by atoms with E-state index in [1.165, 1.54) is 24.8 Å². The highest BCUT2D eigenvalue weighted by Crippen LogP contribution is 2.22. The van der Waals surface area contributed by atoms with Gasteiger partial charge in [-0.25, -0.2) is 0 Å². The van der Waals surface area contributed by atoms with Crippen molar-refractivity contribution in [2.24, 2.45) is 0 Å². The average Bonchev–Trinajstić information content (AvgIpc) is 3.17. The van der Waals surface area contributed by atoms with Crippen molar-refractivity contribution in [3.63, 3.8) is 0 Å². The van der Waals surface area contributed by atoms with E-state index in [-0.39, 0.29) is 12.3 Å². The van der Waals surface area contributed by atoms with Gasteiger partial charge in [-0.3, -0.25) is 4.79 Å². The Bertz CT molecular complexity index is 966. The van der Waals surface area contributed by atoms with Gasteiger partial charge in [0.05, 0.1) is 13.0 Å². The zero-order chi connectivity index (χ0) is 20.6. The van der Waals surface area contributed by atoms with Gasteiger partial charge in [0.15, 0.2) is 5.58 Å². The fourth-order valence-corrected chi connectivity index (χ4v) is 4.12. The summed E-state index contributed by atoms with van der Waals surface area (Å²) in [6.07, 6.45) is 7.98. The lowest BCUT2D eigenvalue weighted by atomic mass is 10.0. The normalized spacial score (nSPS) is 16.5. The second-order valence-corrected chi connectivity index (χ2v) is 8.01. The van der Waals surface area contributed by atoms with E-state index < -0.39 is 0 Å². The van der Waals surface area contributed by atoms with Crippen LogP contribution in [0.25, 0.3) is 11.0 Å². The molecule has 0 bridgehead atoms. The molecule has 0 atom stereocenters. The Hall–Kier alpha value is -2.82.